The first-order valence-corrected chi connectivity index (χ1v) is 5.79. The van der Waals surface area contributed by atoms with Crippen molar-refractivity contribution in [2.24, 2.45) is 0 Å². The maximum atomic E-state index is 10.4. The molecule has 1 rings (SSSR count). The van der Waals surface area contributed by atoms with E-state index in [9.17, 15) is 19.9 Å². The van der Waals surface area contributed by atoms with E-state index in [1.165, 1.54) is 0 Å². The van der Waals surface area contributed by atoms with Gasteiger partial charge in [-0.3, -0.25) is 4.52 Å². The van der Waals surface area contributed by atoms with E-state index in [0.717, 1.165) is 0 Å². The largest absolute Gasteiger partial charge is 0.469 e. The summed E-state index contributed by atoms with van der Waals surface area (Å²) in [7, 11) is -4.83. The Labute approximate surface area is 90.1 Å². The third kappa shape index (κ3) is 3.20. The van der Waals surface area contributed by atoms with Crippen LogP contribution in [0.3, 0.4) is 0 Å². The lowest BCUT2D eigenvalue weighted by Crippen LogP contribution is -2.62. The molecule has 1 fully saturated rings. The molecule has 96 valence electrons. The van der Waals surface area contributed by atoms with E-state index in [0.29, 0.717) is 0 Å². The minimum absolute atomic E-state index is 0.501. The molecule has 1 aliphatic rings. The number of hydrogen-bond acceptors (Lipinski definition) is 7. The van der Waals surface area contributed by atoms with Crippen molar-refractivity contribution >= 4 is 7.82 Å². The zero-order valence-corrected chi connectivity index (χ0v) is 8.90. The Balaban J connectivity index is 2.66. The summed E-state index contributed by atoms with van der Waals surface area (Å²) < 4.78 is 18.9. The molecule has 4 atom stereocenters. The van der Waals surface area contributed by atoms with E-state index < -0.39 is 45.1 Å². The van der Waals surface area contributed by atoms with Crippen LogP contribution < -0.4 is 0 Å². The maximum Gasteiger partial charge on any atom is 0.469 e. The van der Waals surface area contributed by atoms with Crippen LogP contribution in [0.25, 0.3) is 0 Å². The van der Waals surface area contributed by atoms with Gasteiger partial charge in [-0.15, -0.1) is 0 Å². The number of rotatable bonds is 3. The van der Waals surface area contributed by atoms with Crippen LogP contribution in [-0.2, 0) is 13.8 Å². The summed E-state index contributed by atoms with van der Waals surface area (Å²) in [6.45, 7) is -1.54. The van der Waals surface area contributed by atoms with Crippen molar-refractivity contribution < 1.29 is 44.0 Å². The lowest BCUT2D eigenvalue weighted by atomic mass is 9.98. The molecular weight excluding hydrogens is 247 g/mol. The highest BCUT2D eigenvalue weighted by molar-refractivity contribution is 7.46. The van der Waals surface area contributed by atoms with Gasteiger partial charge in [-0.2, -0.15) is 0 Å². The van der Waals surface area contributed by atoms with Gasteiger partial charge in [-0.25, -0.2) is 4.57 Å². The van der Waals surface area contributed by atoms with Crippen LogP contribution in [0.2, 0.25) is 0 Å². The van der Waals surface area contributed by atoms with Crippen molar-refractivity contribution in [3.63, 3.8) is 0 Å². The Morgan fingerprint density at radius 2 is 1.94 bits per heavy atom. The summed E-state index contributed by atoms with van der Waals surface area (Å²) in [6, 6.07) is 0. The first-order chi connectivity index (χ1) is 7.16. The fourth-order valence-corrected chi connectivity index (χ4v) is 1.55. The van der Waals surface area contributed by atoms with Crippen molar-refractivity contribution in [1.82, 2.24) is 0 Å². The van der Waals surface area contributed by atoms with E-state index in [-0.39, 0.29) is 0 Å². The molecule has 0 unspecified atom stereocenters. The summed E-state index contributed by atoms with van der Waals surface area (Å²) in [6.07, 6.45) is -5.03. The van der Waals surface area contributed by atoms with Crippen LogP contribution in [-0.4, -0.2) is 67.5 Å². The van der Waals surface area contributed by atoms with Gasteiger partial charge in [0.2, 0.25) is 5.79 Å². The van der Waals surface area contributed by atoms with Crippen LogP contribution in [0.4, 0.5) is 0 Å². The highest BCUT2D eigenvalue weighted by atomic mass is 31.2. The molecule has 1 heterocycles. The molecule has 16 heavy (non-hydrogen) atoms. The minimum atomic E-state index is -4.83. The van der Waals surface area contributed by atoms with Gasteiger partial charge in [0.1, 0.15) is 24.9 Å². The number of aliphatic hydroxyl groups excluding tert-OH is 3. The zero-order chi connectivity index (χ0) is 12.6. The molecule has 0 aromatic rings. The molecule has 6 N–H and O–H groups in total. The average molecular weight is 260 g/mol. The lowest BCUT2D eigenvalue weighted by Gasteiger charge is -2.41. The Bertz CT molecular complexity index is 290. The SMILES string of the molecule is O=P(O)(O)OC[C@@]1(O)OC[C@@H](O)[C@@H](O)[C@@H]1O. The Morgan fingerprint density at radius 1 is 1.38 bits per heavy atom. The van der Waals surface area contributed by atoms with Crippen molar-refractivity contribution in [2.75, 3.05) is 13.2 Å². The molecule has 0 bridgehead atoms. The van der Waals surface area contributed by atoms with Crippen LogP contribution in [0.1, 0.15) is 0 Å². The molecule has 0 radical (unpaired) electrons. The maximum absolute atomic E-state index is 10.4. The molecule has 1 saturated heterocycles. The molecule has 10 heteroatoms. The van der Waals surface area contributed by atoms with Crippen LogP contribution >= 0.6 is 7.82 Å². The molecular formula is C6H13O9P. The van der Waals surface area contributed by atoms with Gasteiger partial charge in [0, 0.05) is 0 Å². The van der Waals surface area contributed by atoms with Crippen LogP contribution in [0.5, 0.6) is 0 Å². The summed E-state index contributed by atoms with van der Waals surface area (Å²) in [4.78, 5) is 16.8. The molecule has 0 aliphatic carbocycles. The third-order valence-electron chi connectivity index (χ3n) is 2.12. The summed E-state index contributed by atoms with van der Waals surface area (Å²) >= 11 is 0. The average Bonchev–Trinajstić information content (AvgIpc) is 2.18. The summed E-state index contributed by atoms with van der Waals surface area (Å²) in [5, 5.41) is 37.2. The lowest BCUT2D eigenvalue weighted by molar-refractivity contribution is -0.329. The molecule has 0 aromatic carbocycles. The predicted octanol–water partition coefficient (Wildman–Crippen LogP) is -3.10. The molecule has 0 aromatic heterocycles. The highest BCUT2D eigenvalue weighted by Crippen LogP contribution is 2.38. The third-order valence-corrected chi connectivity index (χ3v) is 2.59. The van der Waals surface area contributed by atoms with Gasteiger partial charge < -0.3 is 34.9 Å². The van der Waals surface area contributed by atoms with Gasteiger partial charge >= 0.3 is 7.82 Å². The van der Waals surface area contributed by atoms with Gasteiger partial charge in [-0.1, -0.05) is 0 Å². The van der Waals surface area contributed by atoms with E-state index >= 15 is 0 Å². The number of aliphatic hydroxyl groups is 4. The van der Waals surface area contributed by atoms with Crippen molar-refractivity contribution in [1.29, 1.82) is 0 Å². The van der Waals surface area contributed by atoms with E-state index in [1.54, 1.807) is 0 Å². The normalized spacial score (nSPS) is 41.0. The standard InChI is InChI=1S/C6H13O9P/c7-3-1-14-6(10,5(9)4(3)8)2-15-16(11,12)13/h3-5,7-10H,1-2H2,(H2,11,12,13)/t3-,4-,5+,6-/m1/s1. The van der Waals surface area contributed by atoms with Gasteiger partial charge in [-0.05, 0) is 0 Å². The molecule has 1 aliphatic heterocycles. The van der Waals surface area contributed by atoms with Crippen molar-refractivity contribution in [2.45, 2.75) is 24.1 Å². The second-order valence-electron chi connectivity index (χ2n) is 3.42. The quantitative estimate of drug-likeness (QED) is 0.289. The number of ether oxygens (including phenoxy) is 1. The van der Waals surface area contributed by atoms with Gasteiger partial charge in [0.05, 0.1) is 6.61 Å². The first-order valence-electron chi connectivity index (χ1n) is 4.26. The number of hydrogen-bond donors (Lipinski definition) is 6. The number of phosphoric ester groups is 1. The fourth-order valence-electron chi connectivity index (χ4n) is 1.19. The molecule has 0 amide bonds. The second-order valence-corrected chi connectivity index (χ2v) is 4.66. The van der Waals surface area contributed by atoms with Gasteiger partial charge in [0.25, 0.3) is 0 Å². The first kappa shape index (κ1) is 14.0. The smallest absolute Gasteiger partial charge is 0.388 e. The summed E-state index contributed by atoms with van der Waals surface area (Å²) in [5.41, 5.74) is 0. The van der Waals surface area contributed by atoms with Crippen LogP contribution in [0, 0.1) is 0 Å². The van der Waals surface area contributed by atoms with E-state index in [2.05, 4.69) is 9.26 Å². The Kier molecular flexibility index (Phi) is 4.06. The summed E-state index contributed by atoms with van der Waals surface area (Å²) in [5.74, 6) is -2.47. The Morgan fingerprint density at radius 3 is 2.44 bits per heavy atom. The Hall–Kier alpha value is -0.0900. The molecule has 0 spiro atoms. The van der Waals surface area contributed by atoms with E-state index in [4.69, 9.17) is 14.9 Å². The topological polar surface area (TPSA) is 157 Å². The van der Waals surface area contributed by atoms with Crippen LogP contribution in [0.15, 0.2) is 0 Å². The predicted molar refractivity (Wildman–Crippen MR) is 46.9 cm³/mol. The van der Waals surface area contributed by atoms with Gasteiger partial charge in [0.15, 0.2) is 0 Å². The van der Waals surface area contributed by atoms with Crippen molar-refractivity contribution in [3.05, 3.63) is 0 Å². The van der Waals surface area contributed by atoms with Crippen molar-refractivity contribution in [3.8, 4) is 0 Å². The molecule has 9 nitrogen and oxygen atoms in total. The molecule has 0 saturated carbocycles. The van der Waals surface area contributed by atoms with E-state index in [1.807, 2.05) is 0 Å². The second kappa shape index (κ2) is 4.65. The monoisotopic (exact) mass is 260 g/mol. The number of phosphoric acid groups is 1. The minimum Gasteiger partial charge on any atom is -0.388 e. The fraction of sp³-hybridized carbons (Fsp3) is 1.00. The highest BCUT2D eigenvalue weighted by Gasteiger charge is 2.49. The zero-order valence-electron chi connectivity index (χ0n) is 8.00.